The number of halogens is 1. The minimum absolute atomic E-state index is 0.0897. The second-order valence-corrected chi connectivity index (χ2v) is 6.37. The first-order chi connectivity index (χ1) is 13.4. The molecule has 0 unspecified atom stereocenters. The third-order valence-electron chi connectivity index (χ3n) is 3.68. The van der Waals surface area contributed by atoms with E-state index in [0.717, 1.165) is 30.6 Å². The topological polar surface area (TPSA) is 111 Å². The molecule has 1 aromatic heterocycles. The van der Waals surface area contributed by atoms with Crippen molar-refractivity contribution >= 4 is 34.0 Å². The molecule has 0 fully saturated rings. The number of esters is 1. The fourth-order valence-corrected chi connectivity index (χ4v) is 3.05. The molecule has 0 radical (unpaired) electrons. The number of hydrogen-bond acceptors (Lipinski definition) is 7. The van der Waals surface area contributed by atoms with Crippen LogP contribution in [0.25, 0.3) is 11.3 Å². The van der Waals surface area contributed by atoms with E-state index in [9.17, 15) is 24.1 Å². The molecule has 0 aliphatic rings. The van der Waals surface area contributed by atoms with E-state index in [4.69, 9.17) is 0 Å². The molecule has 142 valence electrons. The van der Waals surface area contributed by atoms with E-state index in [1.54, 1.807) is 17.5 Å². The van der Waals surface area contributed by atoms with Gasteiger partial charge in [-0.05, 0) is 30.3 Å². The average molecular weight is 401 g/mol. The van der Waals surface area contributed by atoms with Gasteiger partial charge in [-0.2, -0.15) is 0 Å². The van der Waals surface area contributed by atoms with Crippen LogP contribution in [0.3, 0.4) is 0 Å². The normalized spacial score (nSPS) is 10.4. The summed E-state index contributed by atoms with van der Waals surface area (Å²) in [6.45, 7) is 0. The molecule has 0 aliphatic carbocycles. The lowest BCUT2D eigenvalue weighted by molar-refractivity contribution is -0.384. The van der Waals surface area contributed by atoms with E-state index in [-0.39, 0.29) is 22.1 Å². The van der Waals surface area contributed by atoms with Gasteiger partial charge in [0.2, 0.25) is 0 Å². The number of thiazole rings is 1. The number of aromatic nitrogens is 1. The zero-order chi connectivity index (χ0) is 20.3. The monoisotopic (exact) mass is 401 g/mol. The largest absolute Gasteiger partial charge is 0.465 e. The first kappa shape index (κ1) is 19.1. The number of rotatable bonds is 5. The van der Waals surface area contributed by atoms with Gasteiger partial charge in [0.15, 0.2) is 5.13 Å². The number of carbonyl (C=O) groups is 2. The summed E-state index contributed by atoms with van der Waals surface area (Å²) >= 11 is 1.13. The zero-order valence-corrected chi connectivity index (χ0v) is 15.2. The maximum Gasteiger partial charge on any atom is 0.338 e. The van der Waals surface area contributed by atoms with Crippen molar-refractivity contribution in [1.82, 2.24) is 4.98 Å². The quantitative estimate of drug-likeness (QED) is 0.394. The van der Waals surface area contributed by atoms with Crippen LogP contribution in [-0.2, 0) is 4.74 Å². The highest BCUT2D eigenvalue weighted by atomic mass is 32.1. The van der Waals surface area contributed by atoms with E-state index in [1.165, 1.54) is 18.2 Å². The highest BCUT2D eigenvalue weighted by molar-refractivity contribution is 7.14. The third kappa shape index (κ3) is 4.18. The third-order valence-corrected chi connectivity index (χ3v) is 4.43. The molecule has 3 aromatic rings. The lowest BCUT2D eigenvalue weighted by atomic mass is 10.1. The number of ether oxygens (including phenoxy) is 1. The number of nitrogens with one attached hydrogen (secondary N) is 1. The summed E-state index contributed by atoms with van der Waals surface area (Å²) in [4.78, 5) is 38.8. The van der Waals surface area contributed by atoms with Gasteiger partial charge in [0.25, 0.3) is 11.6 Å². The van der Waals surface area contributed by atoms with Crippen molar-refractivity contribution in [1.29, 1.82) is 0 Å². The Bertz CT molecular complexity index is 1070. The van der Waals surface area contributed by atoms with Gasteiger partial charge in [0.05, 0.1) is 23.3 Å². The first-order valence-electron chi connectivity index (χ1n) is 7.78. The number of nitro benzene ring substituents is 1. The summed E-state index contributed by atoms with van der Waals surface area (Å²) in [5, 5.41) is 15.5. The highest BCUT2D eigenvalue weighted by Gasteiger charge is 2.19. The van der Waals surface area contributed by atoms with Crippen LogP contribution in [0.4, 0.5) is 15.2 Å². The molecule has 0 spiro atoms. The number of nitro groups is 1. The van der Waals surface area contributed by atoms with Gasteiger partial charge in [0, 0.05) is 28.6 Å². The van der Waals surface area contributed by atoms with Crippen molar-refractivity contribution in [3.8, 4) is 11.3 Å². The molecular formula is C18H12FN3O5S. The second-order valence-electron chi connectivity index (χ2n) is 5.52. The molecule has 28 heavy (non-hydrogen) atoms. The smallest absolute Gasteiger partial charge is 0.338 e. The number of non-ortho nitro benzene ring substituents is 1. The van der Waals surface area contributed by atoms with E-state index < -0.39 is 22.5 Å². The summed E-state index contributed by atoms with van der Waals surface area (Å²) < 4.78 is 17.6. The zero-order valence-electron chi connectivity index (χ0n) is 14.3. The number of anilines is 1. The van der Waals surface area contributed by atoms with Gasteiger partial charge >= 0.3 is 5.97 Å². The molecule has 2 aromatic carbocycles. The van der Waals surface area contributed by atoms with E-state index in [1.807, 2.05) is 0 Å². The van der Waals surface area contributed by atoms with Crippen molar-refractivity contribution in [2.75, 3.05) is 12.4 Å². The Morgan fingerprint density at radius 2 is 1.86 bits per heavy atom. The minimum Gasteiger partial charge on any atom is -0.465 e. The molecule has 10 heteroatoms. The van der Waals surface area contributed by atoms with Crippen LogP contribution in [-0.4, -0.2) is 28.9 Å². The molecule has 0 bridgehead atoms. The van der Waals surface area contributed by atoms with Crippen molar-refractivity contribution in [3.63, 3.8) is 0 Å². The Labute approximate surface area is 161 Å². The number of hydrogen-bond donors (Lipinski definition) is 1. The predicted molar refractivity (Wildman–Crippen MR) is 99.9 cm³/mol. The van der Waals surface area contributed by atoms with Gasteiger partial charge in [-0.25, -0.2) is 14.2 Å². The van der Waals surface area contributed by atoms with Gasteiger partial charge in [-0.3, -0.25) is 20.2 Å². The SMILES string of the molecule is COC(=O)c1cc(C(=O)Nc2nc(-c3ccc(F)cc3)cs2)cc([N+](=O)[O-])c1. The fourth-order valence-electron chi connectivity index (χ4n) is 2.34. The summed E-state index contributed by atoms with van der Waals surface area (Å²) in [6.07, 6.45) is 0. The highest BCUT2D eigenvalue weighted by Crippen LogP contribution is 2.26. The molecular weight excluding hydrogens is 389 g/mol. The Morgan fingerprint density at radius 1 is 1.18 bits per heavy atom. The first-order valence-corrected chi connectivity index (χ1v) is 8.66. The van der Waals surface area contributed by atoms with Crippen LogP contribution >= 0.6 is 11.3 Å². The molecule has 1 heterocycles. The van der Waals surface area contributed by atoms with Crippen LogP contribution in [0.1, 0.15) is 20.7 Å². The Balaban J connectivity index is 1.85. The van der Waals surface area contributed by atoms with Gasteiger partial charge in [-0.15, -0.1) is 11.3 Å². The van der Waals surface area contributed by atoms with Gasteiger partial charge in [0.1, 0.15) is 5.82 Å². The van der Waals surface area contributed by atoms with E-state index >= 15 is 0 Å². The number of carbonyl (C=O) groups excluding carboxylic acids is 2. The molecule has 3 rings (SSSR count). The van der Waals surface area contributed by atoms with Gasteiger partial charge < -0.3 is 4.74 Å². The predicted octanol–water partition coefficient (Wildman–Crippen LogP) is 3.90. The fraction of sp³-hybridized carbons (Fsp3) is 0.0556. The number of amides is 1. The summed E-state index contributed by atoms with van der Waals surface area (Å²) in [5.74, 6) is -1.85. The van der Waals surface area contributed by atoms with Crippen LogP contribution in [0, 0.1) is 15.9 Å². The van der Waals surface area contributed by atoms with Crippen LogP contribution < -0.4 is 5.32 Å². The summed E-state index contributed by atoms with van der Waals surface area (Å²) in [6, 6.07) is 8.98. The second kappa shape index (κ2) is 7.92. The Kier molecular flexibility index (Phi) is 5.41. The van der Waals surface area contributed by atoms with Crippen molar-refractivity contribution < 1.29 is 23.6 Å². The van der Waals surface area contributed by atoms with Crippen molar-refractivity contribution in [2.45, 2.75) is 0 Å². The molecule has 0 saturated carbocycles. The van der Waals surface area contributed by atoms with Gasteiger partial charge in [-0.1, -0.05) is 0 Å². The maximum atomic E-state index is 13.0. The number of benzene rings is 2. The average Bonchev–Trinajstić information content (AvgIpc) is 3.15. The number of nitrogens with zero attached hydrogens (tertiary/aromatic N) is 2. The molecule has 1 amide bonds. The molecule has 0 saturated heterocycles. The number of methoxy groups -OCH3 is 1. The lowest BCUT2D eigenvalue weighted by Crippen LogP contribution is -2.13. The maximum absolute atomic E-state index is 13.0. The van der Waals surface area contributed by atoms with Crippen LogP contribution in [0.2, 0.25) is 0 Å². The Morgan fingerprint density at radius 3 is 2.50 bits per heavy atom. The summed E-state index contributed by atoms with van der Waals surface area (Å²) in [5.41, 5.74) is 0.580. The molecule has 0 aliphatic heterocycles. The van der Waals surface area contributed by atoms with Crippen LogP contribution in [0.5, 0.6) is 0 Å². The minimum atomic E-state index is -0.800. The van der Waals surface area contributed by atoms with Crippen molar-refractivity contribution in [3.05, 3.63) is 74.9 Å². The molecule has 0 atom stereocenters. The van der Waals surface area contributed by atoms with Crippen molar-refractivity contribution in [2.24, 2.45) is 0 Å². The summed E-state index contributed by atoms with van der Waals surface area (Å²) in [7, 11) is 1.13. The molecule has 8 nitrogen and oxygen atoms in total. The van der Waals surface area contributed by atoms with Crippen LogP contribution in [0.15, 0.2) is 47.8 Å². The molecule has 1 N–H and O–H groups in total. The van der Waals surface area contributed by atoms with E-state index in [2.05, 4.69) is 15.0 Å². The Hall–Kier alpha value is -3.66. The lowest BCUT2D eigenvalue weighted by Gasteiger charge is -2.05. The van der Waals surface area contributed by atoms with E-state index in [0.29, 0.717) is 11.3 Å². The standard InChI is InChI=1S/C18H12FN3O5S/c1-27-17(24)12-6-11(7-14(8-12)22(25)26)16(23)21-18-20-15(9-28-18)10-2-4-13(19)5-3-10/h2-9H,1H3,(H,20,21,23).